The van der Waals surface area contributed by atoms with Gasteiger partial charge in [0.15, 0.2) is 9.84 Å². The number of aliphatic imine (C=N–C) groups is 2. The van der Waals surface area contributed by atoms with Crippen molar-refractivity contribution < 1.29 is 16.8 Å². The second-order valence-corrected chi connectivity index (χ2v) is 11.5. The Morgan fingerprint density at radius 1 is 0.771 bits per heavy atom. The summed E-state index contributed by atoms with van der Waals surface area (Å²) in [5, 5.41) is 12.4. The SMILES string of the molecule is CNS(=O)(=O)c1ccccc1NCC1=NCCN1.CS(=O)(=O)c1ccccc1NCC1=NCCN1. The van der Waals surface area contributed by atoms with Crippen LogP contribution in [0.15, 0.2) is 68.3 Å². The van der Waals surface area contributed by atoms with Gasteiger partial charge in [0, 0.05) is 19.3 Å². The van der Waals surface area contributed by atoms with Crippen LogP contribution in [0.1, 0.15) is 0 Å². The molecule has 5 N–H and O–H groups in total. The summed E-state index contributed by atoms with van der Waals surface area (Å²) < 4.78 is 49.1. The zero-order valence-corrected chi connectivity index (χ0v) is 21.3. The van der Waals surface area contributed by atoms with Crippen LogP contribution < -0.4 is 26.0 Å². The Morgan fingerprint density at radius 3 is 1.66 bits per heavy atom. The first-order valence-electron chi connectivity index (χ1n) is 11.0. The highest BCUT2D eigenvalue weighted by atomic mass is 32.2. The Hall–Kier alpha value is -3.16. The number of hydrogen-bond acceptors (Lipinski definition) is 10. The van der Waals surface area contributed by atoms with Gasteiger partial charge in [-0.3, -0.25) is 9.98 Å². The molecule has 0 unspecified atom stereocenters. The van der Waals surface area contributed by atoms with Crippen LogP contribution in [-0.2, 0) is 19.9 Å². The molecule has 0 atom stereocenters. The lowest BCUT2D eigenvalue weighted by Crippen LogP contribution is -2.27. The number of hydrogen-bond donors (Lipinski definition) is 5. The Morgan fingerprint density at radius 2 is 1.23 bits per heavy atom. The van der Waals surface area contributed by atoms with E-state index < -0.39 is 19.9 Å². The van der Waals surface area contributed by atoms with E-state index in [1.165, 1.54) is 13.3 Å². The van der Waals surface area contributed by atoms with Crippen molar-refractivity contribution in [2.24, 2.45) is 9.98 Å². The lowest BCUT2D eigenvalue weighted by Gasteiger charge is -2.12. The number of para-hydroxylation sites is 2. The summed E-state index contributed by atoms with van der Waals surface area (Å²) in [5.41, 5.74) is 1.19. The molecule has 2 aliphatic rings. The van der Waals surface area contributed by atoms with E-state index in [9.17, 15) is 16.8 Å². The number of rotatable bonds is 9. The summed E-state index contributed by atoms with van der Waals surface area (Å²) >= 11 is 0. The van der Waals surface area contributed by atoms with Crippen LogP contribution in [-0.4, -0.2) is 81.1 Å². The first-order chi connectivity index (χ1) is 16.7. The first kappa shape index (κ1) is 26.4. The molecule has 2 heterocycles. The number of amidine groups is 2. The van der Waals surface area contributed by atoms with Gasteiger partial charge in [-0.15, -0.1) is 0 Å². The Kier molecular flexibility index (Phi) is 9.07. The van der Waals surface area contributed by atoms with Crippen molar-refractivity contribution in [2.45, 2.75) is 9.79 Å². The van der Waals surface area contributed by atoms with E-state index in [-0.39, 0.29) is 4.90 Å². The van der Waals surface area contributed by atoms with Crippen LogP contribution in [0.2, 0.25) is 0 Å². The lowest BCUT2D eigenvalue weighted by atomic mass is 10.3. The lowest BCUT2D eigenvalue weighted by molar-refractivity contribution is 0.588. The maximum absolute atomic E-state index is 11.8. The predicted octanol–water partition coefficient (Wildman–Crippen LogP) is 0.512. The summed E-state index contributed by atoms with van der Waals surface area (Å²) in [4.78, 5) is 9.04. The van der Waals surface area contributed by atoms with Crippen LogP contribution in [0.4, 0.5) is 11.4 Å². The molecule has 190 valence electrons. The summed E-state index contributed by atoms with van der Waals surface area (Å²) in [6, 6.07) is 13.7. The smallest absolute Gasteiger partial charge is 0.242 e. The molecule has 2 aromatic rings. The molecule has 0 saturated heterocycles. The van der Waals surface area contributed by atoms with Gasteiger partial charge in [0.2, 0.25) is 10.0 Å². The average molecular weight is 522 g/mol. The molecular weight excluding hydrogens is 490 g/mol. The van der Waals surface area contributed by atoms with Crippen LogP contribution >= 0.6 is 0 Å². The molecule has 0 fully saturated rings. The number of anilines is 2. The van der Waals surface area contributed by atoms with E-state index in [2.05, 4.69) is 36.0 Å². The van der Waals surface area contributed by atoms with Crippen molar-refractivity contribution in [3.8, 4) is 0 Å². The molecule has 0 aliphatic carbocycles. The van der Waals surface area contributed by atoms with E-state index in [0.29, 0.717) is 29.4 Å². The normalized spacial score (nSPS) is 15.1. The highest BCUT2D eigenvalue weighted by Crippen LogP contribution is 2.21. The topological polar surface area (TPSA) is 153 Å². The second kappa shape index (κ2) is 12.0. The maximum Gasteiger partial charge on any atom is 0.242 e. The number of benzene rings is 2. The van der Waals surface area contributed by atoms with Crippen molar-refractivity contribution in [3.05, 3.63) is 48.5 Å². The van der Waals surface area contributed by atoms with Gasteiger partial charge in [0.1, 0.15) is 16.6 Å². The number of sulfonamides is 1. The molecule has 0 bridgehead atoms. The third-order valence-corrected chi connectivity index (χ3v) is 7.74. The van der Waals surface area contributed by atoms with Crippen LogP contribution in [0, 0.1) is 0 Å². The van der Waals surface area contributed by atoms with Crippen molar-refractivity contribution in [2.75, 3.05) is 63.2 Å². The Balaban J connectivity index is 0.000000196. The molecule has 0 saturated carbocycles. The van der Waals surface area contributed by atoms with E-state index in [0.717, 1.165) is 37.9 Å². The van der Waals surface area contributed by atoms with Crippen molar-refractivity contribution in [1.29, 1.82) is 0 Å². The van der Waals surface area contributed by atoms with Gasteiger partial charge in [-0.2, -0.15) is 0 Å². The molecule has 0 amide bonds. The number of nitrogens with zero attached hydrogens (tertiary/aromatic N) is 2. The minimum absolute atomic E-state index is 0.242. The fraction of sp³-hybridized carbons (Fsp3) is 0.364. The number of sulfone groups is 1. The van der Waals surface area contributed by atoms with Gasteiger partial charge in [-0.05, 0) is 31.3 Å². The second-order valence-electron chi connectivity index (χ2n) is 7.69. The zero-order valence-electron chi connectivity index (χ0n) is 19.7. The molecule has 11 nitrogen and oxygen atoms in total. The van der Waals surface area contributed by atoms with E-state index in [1.807, 2.05) is 0 Å². The van der Waals surface area contributed by atoms with Crippen LogP contribution in [0.5, 0.6) is 0 Å². The summed E-state index contributed by atoms with van der Waals surface area (Å²) in [6.07, 6.45) is 1.21. The van der Waals surface area contributed by atoms with Gasteiger partial charge >= 0.3 is 0 Å². The molecule has 35 heavy (non-hydrogen) atoms. The number of nitrogens with one attached hydrogen (secondary N) is 5. The molecule has 0 radical (unpaired) electrons. The van der Waals surface area contributed by atoms with Gasteiger partial charge in [0.25, 0.3) is 0 Å². The van der Waals surface area contributed by atoms with E-state index in [4.69, 9.17) is 0 Å². The third kappa shape index (κ3) is 7.67. The minimum Gasteiger partial charge on any atom is -0.377 e. The standard InChI is InChI=1S/C11H16N4O2S.C11H15N3O2S/c1-12-18(16,17)10-5-3-2-4-9(10)15-8-11-13-6-7-14-11;1-17(15,16)10-5-3-2-4-9(10)14-8-11-12-6-7-13-11/h2-5,12,15H,6-8H2,1H3,(H,13,14);2-5,14H,6-8H2,1H3,(H,12,13). The molecule has 4 rings (SSSR count). The van der Waals surface area contributed by atoms with Crippen LogP contribution in [0.3, 0.4) is 0 Å². The fourth-order valence-corrected chi connectivity index (χ4v) is 5.15. The molecule has 13 heteroatoms. The Labute approximate surface area is 206 Å². The Bertz CT molecular complexity index is 1290. The monoisotopic (exact) mass is 521 g/mol. The first-order valence-corrected chi connectivity index (χ1v) is 14.4. The summed E-state index contributed by atoms with van der Waals surface area (Å²) in [5.74, 6) is 1.72. The largest absolute Gasteiger partial charge is 0.377 e. The maximum atomic E-state index is 11.8. The predicted molar refractivity (Wildman–Crippen MR) is 140 cm³/mol. The van der Waals surface area contributed by atoms with Gasteiger partial charge in [0.05, 0.1) is 42.4 Å². The van der Waals surface area contributed by atoms with Gasteiger partial charge < -0.3 is 21.3 Å². The molecule has 2 aromatic carbocycles. The fourth-order valence-electron chi connectivity index (χ4n) is 3.38. The summed E-state index contributed by atoms with van der Waals surface area (Å²) in [7, 11) is -5.25. The van der Waals surface area contributed by atoms with Crippen molar-refractivity contribution in [1.82, 2.24) is 15.4 Å². The zero-order chi connectivity index (χ0) is 25.3. The summed E-state index contributed by atoms with van der Waals surface area (Å²) in [6.45, 7) is 4.26. The molecule has 0 aromatic heterocycles. The highest BCUT2D eigenvalue weighted by molar-refractivity contribution is 7.91. The quantitative estimate of drug-likeness (QED) is 0.320. The highest BCUT2D eigenvalue weighted by Gasteiger charge is 2.16. The van der Waals surface area contributed by atoms with Gasteiger partial charge in [-0.25, -0.2) is 21.6 Å². The van der Waals surface area contributed by atoms with E-state index in [1.54, 1.807) is 48.5 Å². The van der Waals surface area contributed by atoms with Gasteiger partial charge in [-0.1, -0.05) is 24.3 Å². The van der Waals surface area contributed by atoms with Crippen LogP contribution in [0.25, 0.3) is 0 Å². The average Bonchev–Trinajstić information content (AvgIpc) is 3.56. The van der Waals surface area contributed by atoms with Crippen molar-refractivity contribution >= 4 is 42.9 Å². The minimum atomic E-state index is -3.45. The third-order valence-electron chi connectivity index (χ3n) is 5.11. The molecule has 0 spiro atoms. The molecule has 2 aliphatic heterocycles. The van der Waals surface area contributed by atoms with Crippen molar-refractivity contribution in [3.63, 3.8) is 0 Å². The molecular formula is C22H31N7O4S2. The van der Waals surface area contributed by atoms with E-state index >= 15 is 0 Å².